The topological polar surface area (TPSA) is 80.3 Å². The van der Waals surface area contributed by atoms with Crippen LogP contribution in [0.1, 0.15) is 65.2 Å². The van der Waals surface area contributed by atoms with Crippen molar-refractivity contribution < 1.29 is 39.3 Å². The number of hydrogen-bond donors (Lipinski definition) is 0. The summed E-state index contributed by atoms with van der Waals surface area (Å²) < 4.78 is 0. The molecule has 0 aromatic heterocycles. The molecule has 0 atom stereocenters. The van der Waals surface area contributed by atoms with Crippen molar-refractivity contribution in [2.75, 3.05) is 0 Å². The van der Waals surface area contributed by atoms with Crippen LogP contribution in [0, 0.1) is 0 Å². The second-order valence-corrected chi connectivity index (χ2v) is 3.66. The minimum atomic E-state index is -0.932. The van der Waals surface area contributed by atoms with Crippen LogP contribution in [-0.2, 0) is 29.1 Å². The van der Waals surface area contributed by atoms with E-state index in [1.54, 1.807) is 0 Å². The molecule has 0 fully saturated rings. The van der Waals surface area contributed by atoms with Crippen LogP contribution >= 0.6 is 0 Å². The van der Waals surface area contributed by atoms with E-state index in [1.165, 1.54) is 0 Å². The molecule has 0 heterocycles. The van der Waals surface area contributed by atoms with Crippen molar-refractivity contribution in [3.63, 3.8) is 0 Å². The molecule has 0 bridgehead atoms. The molecule has 0 aliphatic carbocycles. The zero-order chi connectivity index (χ0) is 12.8. The SMILES string of the molecule is CCCCCC(=O)[O-].CCCCCC(=O)[O-].[Rh+2]. The molecule has 0 saturated heterocycles. The van der Waals surface area contributed by atoms with Gasteiger partial charge in [-0.2, -0.15) is 0 Å². The summed E-state index contributed by atoms with van der Waals surface area (Å²) in [6, 6.07) is 0. The van der Waals surface area contributed by atoms with Gasteiger partial charge in [0.2, 0.25) is 0 Å². The van der Waals surface area contributed by atoms with Crippen molar-refractivity contribution in [1.29, 1.82) is 0 Å². The maximum Gasteiger partial charge on any atom is 2.00 e. The second kappa shape index (κ2) is 17.9. The van der Waals surface area contributed by atoms with Crippen molar-refractivity contribution in [2.45, 2.75) is 65.2 Å². The largest absolute Gasteiger partial charge is 2.00 e. The fraction of sp³-hybridized carbons (Fsp3) is 0.833. The first-order valence-electron chi connectivity index (χ1n) is 5.94. The van der Waals surface area contributed by atoms with Gasteiger partial charge < -0.3 is 19.8 Å². The summed E-state index contributed by atoms with van der Waals surface area (Å²) in [5.41, 5.74) is 0. The molecule has 0 rings (SSSR count). The van der Waals surface area contributed by atoms with Gasteiger partial charge in [-0.1, -0.05) is 39.5 Å². The predicted octanol–water partition coefficient (Wildman–Crippen LogP) is 0.631. The van der Waals surface area contributed by atoms with Crippen LogP contribution in [-0.4, -0.2) is 11.9 Å². The summed E-state index contributed by atoms with van der Waals surface area (Å²) in [7, 11) is 0. The summed E-state index contributed by atoms with van der Waals surface area (Å²) >= 11 is 0. The van der Waals surface area contributed by atoms with Gasteiger partial charge in [-0.15, -0.1) is 0 Å². The Kier molecular flexibility index (Phi) is 23.0. The maximum atomic E-state index is 9.76. The molecule has 0 aromatic rings. The van der Waals surface area contributed by atoms with E-state index in [4.69, 9.17) is 0 Å². The fourth-order valence-electron chi connectivity index (χ4n) is 1.04. The Morgan fingerprint density at radius 1 is 0.765 bits per heavy atom. The molecular formula is C12H22O4Rh. The van der Waals surface area contributed by atoms with Crippen LogP contribution in [0.25, 0.3) is 0 Å². The first-order valence-corrected chi connectivity index (χ1v) is 5.94. The number of hydrogen-bond acceptors (Lipinski definition) is 4. The molecular weight excluding hydrogens is 311 g/mol. The Bertz CT molecular complexity index is 163. The minimum Gasteiger partial charge on any atom is -0.550 e. The first kappa shape index (κ1) is 21.8. The Balaban J connectivity index is -0.000000218. The molecule has 0 aliphatic heterocycles. The molecule has 0 aromatic carbocycles. The molecule has 0 spiro atoms. The van der Waals surface area contributed by atoms with E-state index in [-0.39, 0.29) is 32.3 Å². The normalized spacial score (nSPS) is 8.59. The van der Waals surface area contributed by atoms with Gasteiger partial charge in [0, 0.05) is 11.9 Å². The number of rotatable bonds is 8. The number of carboxylic acids is 2. The van der Waals surface area contributed by atoms with E-state index in [0.29, 0.717) is 0 Å². The van der Waals surface area contributed by atoms with Crippen molar-refractivity contribution in [3.8, 4) is 0 Å². The zero-order valence-electron chi connectivity index (χ0n) is 10.6. The molecule has 0 amide bonds. The van der Waals surface area contributed by atoms with E-state index >= 15 is 0 Å². The van der Waals surface area contributed by atoms with Gasteiger partial charge in [0.1, 0.15) is 0 Å². The average Bonchev–Trinajstić information content (AvgIpc) is 2.18. The molecule has 0 saturated carbocycles. The summed E-state index contributed by atoms with van der Waals surface area (Å²) in [4.78, 5) is 19.5. The van der Waals surface area contributed by atoms with Crippen molar-refractivity contribution in [1.82, 2.24) is 0 Å². The Morgan fingerprint density at radius 3 is 1.24 bits per heavy atom. The number of carbonyl (C=O) groups excluding carboxylic acids is 2. The van der Waals surface area contributed by atoms with Gasteiger partial charge in [0.15, 0.2) is 0 Å². The summed E-state index contributed by atoms with van der Waals surface area (Å²) in [6.07, 6.45) is 6.07. The third-order valence-corrected chi connectivity index (χ3v) is 1.97. The van der Waals surface area contributed by atoms with E-state index < -0.39 is 11.9 Å². The quantitative estimate of drug-likeness (QED) is 0.482. The summed E-state index contributed by atoms with van der Waals surface area (Å²) in [5, 5.41) is 19.5. The van der Waals surface area contributed by atoms with Gasteiger partial charge in [-0.05, 0) is 25.7 Å². The number of aliphatic carboxylic acids is 2. The minimum absolute atomic E-state index is 0. The summed E-state index contributed by atoms with van der Waals surface area (Å²) in [6.45, 7) is 4.07. The third-order valence-electron chi connectivity index (χ3n) is 1.97. The molecule has 4 nitrogen and oxygen atoms in total. The van der Waals surface area contributed by atoms with Gasteiger partial charge in [-0.25, -0.2) is 0 Å². The number of carboxylic acid groups (broad SMARTS) is 2. The Labute approximate surface area is 117 Å². The van der Waals surface area contributed by atoms with E-state index in [2.05, 4.69) is 0 Å². The zero-order valence-corrected chi connectivity index (χ0v) is 12.3. The first-order chi connectivity index (χ1) is 7.54. The standard InChI is InChI=1S/2C6H12O2.Rh/c2*1-2-3-4-5-6(7)8;/h2*2-5H2,1H3,(H,7,8);/q;;+2/p-2. The van der Waals surface area contributed by atoms with E-state index in [9.17, 15) is 19.8 Å². The van der Waals surface area contributed by atoms with Gasteiger partial charge in [0.25, 0.3) is 0 Å². The number of unbranched alkanes of at least 4 members (excludes halogenated alkanes) is 4. The van der Waals surface area contributed by atoms with Gasteiger partial charge in [-0.3, -0.25) is 0 Å². The molecule has 1 radical (unpaired) electrons. The monoisotopic (exact) mass is 333 g/mol. The smallest absolute Gasteiger partial charge is 0.550 e. The van der Waals surface area contributed by atoms with Crippen LogP contribution < -0.4 is 10.2 Å². The molecule has 0 N–H and O–H groups in total. The predicted molar refractivity (Wildman–Crippen MR) is 58.3 cm³/mol. The van der Waals surface area contributed by atoms with E-state index in [1.807, 2.05) is 13.8 Å². The number of carbonyl (C=O) groups is 2. The van der Waals surface area contributed by atoms with Crippen LogP contribution in [0.2, 0.25) is 0 Å². The van der Waals surface area contributed by atoms with Crippen molar-refractivity contribution in [2.24, 2.45) is 0 Å². The van der Waals surface area contributed by atoms with Crippen LogP contribution in [0.4, 0.5) is 0 Å². The Morgan fingerprint density at radius 2 is 1.06 bits per heavy atom. The third kappa shape index (κ3) is 31.3. The fourth-order valence-corrected chi connectivity index (χ4v) is 1.04. The Hall–Kier alpha value is -0.437. The molecule has 0 aliphatic rings. The van der Waals surface area contributed by atoms with Crippen LogP contribution in [0.15, 0.2) is 0 Å². The van der Waals surface area contributed by atoms with Crippen LogP contribution in [0.3, 0.4) is 0 Å². The second-order valence-electron chi connectivity index (χ2n) is 3.66. The van der Waals surface area contributed by atoms with Gasteiger partial charge in [0.05, 0.1) is 0 Å². The summed E-state index contributed by atoms with van der Waals surface area (Å²) in [5.74, 6) is -1.86. The average molecular weight is 333 g/mol. The molecule has 17 heavy (non-hydrogen) atoms. The van der Waals surface area contributed by atoms with Crippen molar-refractivity contribution in [3.05, 3.63) is 0 Å². The molecule has 5 heteroatoms. The van der Waals surface area contributed by atoms with Gasteiger partial charge >= 0.3 is 19.5 Å². The molecule has 103 valence electrons. The maximum absolute atomic E-state index is 9.76. The molecule has 0 unspecified atom stereocenters. The van der Waals surface area contributed by atoms with E-state index in [0.717, 1.165) is 38.5 Å². The van der Waals surface area contributed by atoms with Crippen molar-refractivity contribution >= 4 is 11.9 Å². The van der Waals surface area contributed by atoms with Crippen LogP contribution in [0.5, 0.6) is 0 Å².